The van der Waals surface area contributed by atoms with Crippen LogP contribution >= 0.6 is 0 Å². The van der Waals surface area contributed by atoms with Gasteiger partial charge in [-0.3, -0.25) is 4.90 Å². The molecule has 0 amide bonds. The summed E-state index contributed by atoms with van der Waals surface area (Å²) in [5.41, 5.74) is 3.93. The van der Waals surface area contributed by atoms with Gasteiger partial charge < -0.3 is 18.4 Å². The van der Waals surface area contributed by atoms with E-state index in [0.29, 0.717) is 24.6 Å². The van der Waals surface area contributed by atoms with Crippen LogP contribution < -0.4 is 18.4 Å². The first-order valence-electron chi connectivity index (χ1n) is 11.1. The number of benzene rings is 3. The van der Waals surface area contributed by atoms with Crippen LogP contribution in [0.2, 0.25) is 0 Å². The van der Waals surface area contributed by atoms with Crippen molar-refractivity contribution in [1.82, 2.24) is 4.90 Å². The molecule has 3 aliphatic rings. The van der Waals surface area contributed by atoms with Gasteiger partial charge in [-0.05, 0) is 59.9 Å². The van der Waals surface area contributed by atoms with Crippen LogP contribution in [0.15, 0.2) is 47.4 Å². The molecule has 0 saturated carbocycles. The van der Waals surface area contributed by atoms with Crippen LogP contribution in [0.25, 0.3) is 0 Å². The van der Waals surface area contributed by atoms with Gasteiger partial charge in [0, 0.05) is 30.8 Å². The van der Waals surface area contributed by atoms with Crippen molar-refractivity contribution in [1.29, 1.82) is 0 Å². The number of fused-ring (bicyclic) bond motifs is 5. The number of methoxy groups -OCH3 is 1. The van der Waals surface area contributed by atoms with Gasteiger partial charge in [-0.1, -0.05) is 6.07 Å². The summed E-state index contributed by atoms with van der Waals surface area (Å²) in [6, 6.07) is 9.92. The van der Waals surface area contributed by atoms with Gasteiger partial charge in [0.15, 0.2) is 23.0 Å². The standard InChI is InChI=1S/C25H21F2NO6S/c1-31-21-4-2-14-8-20-17-11-23-22(32-13-33-23)9-15(17)6-7-28(20)12-18(14)25(21)34-35(29,30)24-5-3-16(26)10-19(24)27/h2-5,9-11,20H,6-8,12-13H2,1H3. The molecule has 3 aromatic carbocycles. The normalized spacial score (nSPS) is 18.4. The molecule has 1 atom stereocenters. The third kappa shape index (κ3) is 3.68. The predicted molar refractivity (Wildman–Crippen MR) is 120 cm³/mol. The summed E-state index contributed by atoms with van der Waals surface area (Å²) in [5, 5.41) is 0. The second kappa shape index (κ2) is 8.10. The molecule has 35 heavy (non-hydrogen) atoms. The predicted octanol–water partition coefficient (Wildman–Crippen LogP) is 4.13. The van der Waals surface area contributed by atoms with Crippen molar-refractivity contribution in [2.75, 3.05) is 20.4 Å². The summed E-state index contributed by atoms with van der Waals surface area (Å²) in [5.74, 6) is -0.386. The minimum atomic E-state index is -4.58. The molecule has 0 aliphatic carbocycles. The molecule has 0 saturated heterocycles. The molecule has 3 aromatic rings. The Hall–Kier alpha value is -3.37. The molecule has 0 aromatic heterocycles. The molecule has 3 aliphatic heterocycles. The van der Waals surface area contributed by atoms with Gasteiger partial charge in [0.05, 0.1) is 7.11 Å². The number of rotatable bonds is 4. The molecule has 0 fully saturated rings. The molecule has 7 nitrogen and oxygen atoms in total. The topological polar surface area (TPSA) is 74.3 Å². The highest BCUT2D eigenvalue weighted by atomic mass is 32.2. The fourth-order valence-corrected chi connectivity index (χ4v) is 6.10. The molecule has 1 unspecified atom stereocenters. The van der Waals surface area contributed by atoms with E-state index in [4.69, 9.17) is 18.4 Å². The number of hydrogen-bond acceptors (Lipinski definition) is 7. The first kappa shape index (κ1) is 22.1. The number of ether oxygens (including phenoxy) is 3. The zero-order chi connectivity index (χ0) is 24.3. The Labute approximate surface area is 200 Å². The third-order valence-electron chi connectivity index (χ3n) is 6.77. The second-order valence-electron chi connectivity index (χ2n) is 8.69. The maximum Gasteiger partial charge on any atom is 0.342 e. The highest BCUT2D eigenvalue weighted by Crippen LogP contribution is 2.47. The molecular formula is C25H21F2NO6S. The molecular weight excluding hydrogens is 480 g/mol. The quantitative estimate of drug-likeness (QED) is 0.498. The van der Waals surface area contributed by atoms with E-state index in [9.17, 15) is 17.2 Å². The summed E-state index contributed by atoms with van der Waals surface area (Å²) in [4.78, 5) is 1.51. The van der Waals surface area contributed by atoms with Gasteiger partial charge in [0.1, 0.15) is 16.5 Å². The lowest BCUT2D eigenvalue weighted by Crippen LogP contribution is -2.39. The van der Waals surface area contributed by atoms with Crippen molar-refractivity contribution < 1.29 is 35.6 Å². The zero-order valence-electron chi connectivity index (χ0n) is 18.7. The molecule has 182 valence electrons. The maximum absolute atomic E-state index is 14.3. The monoisotopic (exact) mass is 501 g/mol. The van der Waals surface area contributed by atoms with Crippen LogP contribution in [0.1, 0.15) is 28.3 Å². The summed E-state index contributed by atoms with van der Waals surface area (Å²) in [6.07, 6.45) is 1.42. The summed E-state index contributed by atoms with van der Waals surface area (Å²) < 4.78 is 75.5. The molecule has 0 spiro atoms. The highest BCUT2D eigenvalue weighted by molar-refractivity contribution is 7.87. The first-order valence-corrected chi connectivity index (χ1v) is 12.5. The van der Waals surface area contributed by atoms with Crippen molar-refractivity contribution in [3.63, 3.8) is 0 Å². The summed E-state index contributed by atoms with van der Waals surface area (Å²) >= 11 is 0. The lowest BCUT2D eigenvalue weighted by atomic mass is 9.83. The van der Waals surface area contributed by atoms with Crippen LogP contribution in [0.3, 0.4) is 0 Å². The minimum Gasteiger partial charge on any atom is -0.493 e. The van der Waals surface area contributed by atoms with E-state index in [-0.39, 0.29) is 24.3 Å². The number of halogens is 2. The second-order valence-corrected chi connectivity index (χ2v) is 10.2. The lowest BCUT2D eigenvalue weighted by molar-refractivity contribution is 0.158. The van der Waals surface area contributed by atoms with Crippen molar-refractivity contribution >= 4 is 10.1 Å². The van der Waals surface area contributed by atoms with Crippen LogP contribution in [0.5, 0.6) is 23.0 Å². The van der Waals surface area contributed by atoms with Crippen LogP contribution in [0, 0.1) is 11.6 Å². The Morgan fingerprint density at radius 1 is 1.03 bits per heavy atom. The Morgan fingerprint density at radius 3 is 2.60 bits per heavy atom. The molecule has 6 rings (SSSR count). The van der Waals surface area contributed by atoms with Gasteiger partial charge in [0.2, 0.25) is 6.79 Å². The smallest absolute Gasteiger partial charge is 0.342 e. The van der Waals surface area contributed by atoms with Crippen molar-refractivity contribution in [2.24, 2.45) is 0 Å². The Bertz CT molecular complexity index is 1460. The van der Waals surface area contributed by atoms with Gasteiger partial charge >= 0.3 is 10.1 Å². The zero-order valence-corrected chi connectivity index (χ0v) is 19.5. The fraction of sp³-hybridized carbons (Fsp3) is 0.280. The van der Waals surface area contributed by atoms with Crippen molar-refractivity contribution in [3.05, 3.63) is 76.4 Å². The van der Waals surface area contributed by atoms with E-state index >= 15 is 0 Å². The van der Waals surface area contributed by atoms with Gasteiger partial charge in [-0.25, -0.2) is 8.78 Å². The van der Waals surface area contributed by atoms with E-state index in [1.807, 2.05) is 18.2 Å². The van der Waals surface area contributed by atoms with E-state index in [1.54, 1.807) is 6.07 Å². The Balaban J connectivity index is 1.39. The minimum absolute atomic E-state index is 0.0173. The van der Waals surface area contributed by atoms with E-state index in [0.717, 1.165) is 47.7 Å². The van der Waals surface area contributed by atoms with Gasteiger partial charge in [0.25, 0.3) is 0 Å². The molecule has 10 heteroatoms. The van der Waals surface area contributed by atoms with E-state index in [1.165, 1.54) is 12.7 Å². The van der Waals surface area contributed by atoms with Crippen LogP contribution in [0.4, 0.5) is 8.78 Å². The molecule has 0 radical (unpaired) electrons. The highest BCUT2D eigenvalue weighted by Gasteiger charge is 2.37. The van der Waals surface area contributed by atoms with Gasteiger partial charge in [-0.2, -0.15) is 8.42 Å². The average molecular weight is 502 g/mol. The Morgan fingerprint density at radius 2 is 1.83 bits per heavy atom. The number of hydrogen-bond donors (Lipinski definition) is 0. The first-order chi connectivity index (χ1) is 16.8. The molecule has 0 N–H and O–H groups in total. The van der Waals surface area contributed by atoms with Crippen LogP contribution in [-0.2, 0) is 29.5 Å². The summed E-state index contributed by atoms with van der Waals surface area (Å²) in [6.45, 7) is 1.38. The molecule has 3 heterocycles. The van der Waals surface area contributed by atoms with Crippen molar-refractivity contribution in [3.8, 4) is 23.0 Å². The fourth-order valence-electron chi connectivity index (χ4n) is 5.08. The third-order valence-corrected chi connectivity index (χ3v) is 8.03. The average Bonchev–Trinajstić information content (AvgIpc) is 3.29. The largest absolute Gasteiger partial charge is 0.493 e. The SMILES string of the molecule is COc1ccc2c(c1OS(=O)(=O)c1ccc(F)cc1F)CN1CCc3cc4c(cc3C1C2)OCO4. The summed E-state index contributed by atoms with van der Waals surface area (Å²) in [7, 11) is -3.17. The Kier molecular flexibility index (Phi) is 5.12. The maximum atomic E-state index is 14.3. The van der Waals surface area contributed by atoms with E-state index in [2.05, 4.69) is 4.90 Å². The molecule has 0 bridgehead atoms. The van der Waals surface area contributed by atoms with Crippen molar-refractivity contribution in [2.45, 2.75) is 30.3 Å². The lowest BCUT2D eigenvalue weighted by Gasteiger charge is -2.41. The van der Waals surface area contributed by atoms with Crippen LogP contribution in [-0.4, -0.2) is 33.8 Å². The van der Waals surface area contributed by atoms with Gasteiger partial charge in [-0.15, -0.1) is 0 Å². The van der Waals surface area contributed by atoms with E-state index < -0.39 is 26.6 Å². The number of nitrogens with zero attached hydrogens (tertiary/aromatic N) is 1.